The van der Waals surface area contributed by atoms with E-state index in [4.69, 9.17) is 14.2 Å². The minimum absolute atomic E-state index is 0.233. The molecule has 2 heterocycles. The summed E-state index contributed by atoms with van der Waals surface area (Å²) < 4.78 is 16.0. The van der Waals surface area contributed by atoms with Gasteiger partial charge < -0.3 is 24.5 Å². The molecule has 1 atom stereocenters. The number of nitrogens with one attached hydrogen (secondary N) is 2. The van der Waals surface area contributed by atoms with Crippen molar-refractivity contribution < 1.29 is 19.0 Å². The zero-order valence-electron chi connectivity index (χ0n) is 14.8. The van der Waals surface area contributed by atoms with E-state index >= 15 is 0 Å². The Bertz CT molecular complexity index is 887. The number of nitrogens with zero attached hydrogens (tertiary/aromatic N) is 1. The second-order valence-corrected chi connectivity index (χ2v) is 6.40. The van der Waals surface area contributed by atoms with E-state index in [9.17, 15) is 9.59 Å². The SMILES string of the molecule is COc1cc(C2Cc3c(nc(SC)[nH]c3=O)NC2=O)cc(OC)c1OC. The number of fused-ring (bicyclic) bond motifs is 1. The van der Waals surface area contributed by atoms with E-state index < -0.39 is 5.92 Å². The van der Waals surface area contributed by atoms with Crippen LogP contribution in [0.5, 0.6) is 17.2 Å². The molecule has 0 bridgehead atoms. The standard InChI is InChI=1S/C17H19N3O5S/c1-23-11-5-8(6-12(24-2)13(11)25-3)9-7-10-14(18-15(9)21)19-17(26-4)20-16(10)22/h5-6,9H,7H2,1-4H3,(H2,18,19,20,21,22). The molecular weight excluding hydrogens is 358 g/mol. The van der Waals surface area contributed by atoms with Gasteiger partial charge in [0.05, 0.1) is 32.8 Å². The van der Waals surface area contributed by atoms with E-state index in [1.165, 1.54) is 33.1 Å². The Labute approximate surface area is 154 Å². The fourth-order valence-electron chi connectivity index (χ4n) is 2.94. The maximum Gasteiger partial charge on any atom is 0.256 e. The molecule has 1 amide bonds. The van der Waals surface area contributed by atoms with Crippen molar-refractivity contribution in [1.82, 2.24) is 9.97 Å². The first-order valence-electron chi connectivity index (χ1n) is 7.80. The molecule has 1 aromatic heterocycles. The van der Waals surface area contributed by atoms with E-state index in [0.717, 1.165) is 0 Å². The summed E-state index contributed by atoms with van der Waals surface area (Å²) in [6.45, 7) is 0. The normalized spacial score (nSPS) is 15.8. The zero-order chi connectivity index (χ0) is 18.8. The third-order valence-corrected chi connectivity index (χ3v) is 4.82. The maximum absolute atomic E-state index is 12.6. The van der Waals surface area contributed by atoms with Crippen molar-refractivity contribution in [3.63, 3.8) is 0 Å². The van der Waals surface area contributed by atoms with Crippen LogP contribution in [0.1, 0.15) is 17.0 Å². The minimum atomic E-state index is -0.570. The Morgan fingerprint density at radius 3 is 2.31 bits per heavy atom. The number of benzene rings is 1. The largest absolute Gasteiger partial charge is 0.493 e. The minimum Gasteiger partial charge on any atom is -0.493 e. The number of hydrogen-bond acceptors (Lipinski definition) is 7. The van der Waals surface area contributed by atoms with Crippen LogP contribution in [-0.2, 0) is 11.2 Å². The second kappa shape index (κ2) is 7.28. The predicted molar refractivity (Wildman–Crippen MR) is 97.8 cm³/mol. The summed E-state index contributed by atoms with van der Waals surface area (Å²) >= 11 is 1.30. The molecular formula is C17H19N3O5S. The lowest BCUT2D eigenvalue weighted by Crippen LogP contribution is -2.33. The van der Waals surface area contributed by atoms with Crippen molar-refractivity contribution in [3.05, 3.63) is 33.6 Å². The number of thioether (sulfide) groups is 1. The number of amides is 1. The van der Waals surface area contributed by atoms with Gasteiger partial charge in [-0.2, -0.15) is 0 Å². The van der Waals surface area contributed by atoms with Crippen LogP contribution in [-0.4, -0.2) is 43.5 Å². The number of carbonyl (C=O) groups is 1. The summed E-state index contributed by atoms with van der Waals surface area (Å²) in [4.78, 5) is 32.0. The molecule has 2 aromatic rings. The number of aromatic nitrogens is 2. The number of hydrogen-bond donors (Lipinski definition) is 2. The van der Waals surface area contributed by atoms with E-state index in [1.54, 1.807) is 18.4 Å². The van der Waals surface area contributed by atoms with Gasteiger partial charge in [0.25, 0.3) is 5.56 Å². The van der Waals surface area contributed by atoms with Crippen LogP contribution in [0.25, 0.3) is 0 Å². The average molecular weight is 377 g/mol. The number of rotatable bonds is 5. The Morgan fingerprint density at radius 1 is 1.12 bits per heavy atom. The molecule has 138 valence electrons. The van der Waals surface area contributed by atoms with Crippen molar-refractivity contribution >= 4 is 23.5 Å². The Balaban J connectivity index is 2.06. The zero-order valence-corrected chi connectivity index (χ0v) is 15.7. The van der Waals surface area contributed by atoms with E-state index in [0.29, 0.717) is 39.3 Å². The van der Waals surface area contributed by atoms with E-state index in [-0.39, 0.29) is 17.9 Å². The molecule has 0 saturated heterocycles. The average Bonchev–Trinajstić information content (AvgIpc) is 2.65. The number of carbonyl (C=O) groups excluding carboxylic acids is 1. The molecule has 1 aliphatic rings. The lowest BCUT2D eigenvalue weighted by atomic mass is 9.88. The van der Waals surface area contributed by atoms with Gasteiger partial charge >= 0.3 is 0 Å². The third-order valence-electron chi connectivity index (χ3n) is 4.24. The molecule has 3 rings (SSSR count). The molecule has 1 aliphatic heterocycles. The molecule has 8 nitrogen and oxygen atoms in total. The van der Waals surface area contributed by atoms with Crippen molar-refractivity contribution in [2.45, 2.75) is 17.5 Å². The third kappa shape index (κ3) is 3.10. The molecule has 1 unspecified atom stereocenters. The first-order chi connectivity index (χ1) is 12.5. The van der Waals surface area contributed by atoms with Gasteiger partial charge in [0.1, 0.15) is 5.82 Å². The fraction of sp³-hybridized carbons (Fsp3) is 0.353. The first-order valence-corrected chi connectivity index (χ1v) is 9.02. The highest BCUT2D eigenvalue weighted by molar-refractivity contribution is 7.98. The monoisotopic (exact) mass is 377 g/mol. The molecule has 26 heavy (non-hydrogen) atoms. The van der Waals surface area contributed by atoms with Crippen molar-refractivity contribution in [2.75, 3.05) is 32.9 Å². The lowest BCUT2D eigenvalue weighted by Gasteiger charge is -2.25. The molecule has 0 saturated carbocycles. The van der Waals surface area contributed by atoms with Crippen molar-refractivity contribution in [2.24, 2.45) is 0 Å². The van der Waals surface area contributed by atoms with Gasteiger partial charge in [-0.3, -0.25) is 9.59 Å². The van der Waals surface area contributed by atoms with Crippen LogP contribution in [0.15, 0.2) is 22.1 Å². The summed E-state index contributed by atoms with van der Waals surface area (Å²) in [6.07, 6.45) is 2.03. The summed E-state index contributed by atoms with van der Waals surface area (Å²) in [5.74, 6) is 0.845. The predicted octanol–water partition coefficient (Wildman–Crippen LogP) is 1.80. The van der Waals surface area contributed by atoms with Gasteiger partial charge in [-0.25, -0.2) is 4.98 Å². The fourth-order valence-corrected chi connectivity index (χ4v) is 3.32. The molecule has 0 aliphatic carbocycles. The van der Waals surface area contributed by atoms with Crippen molar-refractivity contribution in [3.8, 4) is 17.2 Å². The van der Waals surface area contributed by atoms with Gasteiger partial charge in [-0.15, -0.1) is 0 Å². The van der Waals surface area contributed by atoms with Crippen LogP contribution in [0.3, 0.4) is 0 Å². The van der Waals surface area contributed by atoms with Crippen molar-refractivity contribution in [1.29, 1.82) is 0 Å². The van der Waals surface area contributed by atoms with Gasteiger partial charge in [0.2, 0.25) is 11.7 Å². The highest BCUT2D eigenvalue weighted by atomic mass is 32.2. The number of H-pyrrole nitrogens is 1. The maximum atomic E-state index is 12.6. The smallest absolute Gasteiger partial charge is 0.256 e. The summed E-state index contributed by atoms with van der Waals surface area (Å²) in [6, 6.07) is 3.43. The van der Waals surface area contributed by atoms with Gasteiger partial charge in [-0.1, -0.05) is 11.8 Å². The summed E-state index contributed by atoms with van der Waals surface area (Å²) in [5, 5.41) is 3.19. The topological polar surface area (TPSA) is 103 Å². The molecule has 2 N–H and O–H groups in total. The summed E-state index contributed by atoms with van der Waals surface area (Å²) in [5.41, 5.74) is 0.855. The number of anilines is 1. The number of aromatic amines is 1. The van der Waals surface area contributed by atoms with Crippen LogP contribution >= 0.6 is 11.8 Å². The van der Waals surface area contributed by atoms with Gasteiger partial charge in [0.15, 0.2) is 16.7 Å². The second-order valence-electron chi connectivity index (χ2n) is 5.61. The number of ether oxygens (including phenoxy) is 3. The first kappa shape index (κ1) is 18.1. The van der Waals surface area contributed by atoms with Crippen LogP contribution in [0, 0.1) is 0 Å². The molecule has 1 aromatic carbocycles. The van der Waals surface area contributed by atoms with Gasteiger partial charge in [-0.05, 0) is 30.4 Å². The molecule has 9 heteroatoms. The molecule has 0 spiro atoms. The van der Waals surface area contributed by atoms with Crippen LogP contribution in [0.2, 0.25) is 0 Å². The Morgan fingerprint density at radius 2 is 1.77 bits per heavy atom. The Kier molecular flexibility index (Phi) is 5.08. The van der Waals surface area contributed by atoms with Gasteiger partial charge in [0, 0.05) is 0 Å². The van der Waals surface area contributed by atoms with Crippen LogP contribution in [0.4, 0.5) is 5.82 Å². The highest BCUT2D eigenvalue weighted by Gasteiger charge is 2.32. The van der Waals surface area contributed by atoms with E-state index in [1.807, 2.05) is 0 Å². The molecule has 0 fully saturated rings. The Hall–Kier alpha value is -2.68. The lowest BCUT2D eigenvalue weighted by molar-refractivity contribution is -0.117. The van der Waals surface area contributed by atoms with E-state index in [2.05, 4.69) is 15.3 Å². The quantitative estimate of drug-likeness (QED) is 0.605. The number of methoxy groups -OCH3 is 3. The summed E-state index contributed by atoms with van der Waals surface area (Å²) in [7, 11) is 4.53. The van der Waals surface area contributed by atoms with Crippen LogP contribution < -0.4 is 25.1 Å². The highest BCUT2D eigenvalue weighted by Crippen LogP contribution is 2.41. The molecule has 0 radical (unpaired) electrons.